The number of carbonyl (C=O) groups excluding carboxylic acids is 3. The summed E-state index contributed by atoms with van der Waals surface area (Å²) in [4.78, 5) is 52.1. The lowest BCUT2D eigenvalue weighted by molar-refractivity contribution is -0.384. The van der Waals surface area contributed by atoms with Gasteiger partial charge in [-0.1, -0.05) is 48.5 Å². The third-order valence-electron chi connectivity index (χ3n) is 8.43. The molecule has 0 radical (unpaired) electrons. The van der Waals surface area contributed by atoms with E-state index in [-0.39, 0.29) is 37.0 Å². The molecule has 12 nitrogen and oxygen atoms in total. The van der Waals surface area contributed by atoms with Crippen molar-refractivity contribution >= 4 is 23.5 Å². The number of nitrogens with two attached hydrogens (primary N) is 1. The summed E-state index contributed by atoms with van der Waals surface area (Å²) in [5.41, 5.74) is 8.34. The van der Waals surface area contributed by atoms with Crippen LogP contribution in [0, 0.1) is 21.4 Å². The number of benzene rings is 2. The summed E-state index contributed by atoms with van der Waals surface area (Å²) >= 11 is 0. The van der Waals surface area contributed by atoms with Crippen molar-refractivity contribution < 1.29 is 24.0 Å². The Bertz CT molecular complexity index is 1530. The molecule has 4 rings (SSSR count). The largest absolute Gasteiger partial charge is 0.464 e. The summed E-state index contributed by atoms with van der Waals surface area (Å²) in [6.07, 6.45) is 3.06. The highest BCUT2D eigenvalue weighted by Crippen LogP contribution is 2.40. The zero-order valence-electron chi connectivity index (χ0n) is 25.5. The Hall–Kier alpha value is -5.02. The van der Waals surface area contributed by atoms with Crippen LogP contribution in [0.15, 0.2) is 77.6 Å². The van der Waals surface area contributed by atoms with Gasteiger partial charge in [0.2, 0.25) is 11.8 Å². The molecule has 3 unspecified atom stereocenters. The van der Waals surface area contributed by atoms with Gasteiger partial charge in [-0.25, -0.2) is 0 Å². The molecular formula is C33H38N6O6. The van der Waals surface area contributed by atoms with Gasteiger partial charge in [0.1, 0.15) is 6.61 Å². The van der Waals surface area contributed by atoms with E-state index in [4.69, 9.17) is 15.7 Å². The number of nitro groups is 1. The standard InChI is InChI=1S/C33H38N6O6/c1-22-20-27(24-10-12-26(13-11-24)39(43)44)29(23(2)37-22)31(41)36-16-7-17-38-18-14-33(21-28(38)30(35)40,25-8-4-3-5-9-25)32(42)45-19-6-15-34/h3-5,8-13,20,27-28,37H,6-7,14,16-19,21H2,1-2H3,(H2,35,40)(H,36,41). The van der Waals surface area contributed by atoms with Gasteiger partial charge in [0.05, 0.1) is 28.9 Å². The SMILES string of the molecule is CC1=CC(c2ccc([N+](=O)[O-])cc2)C(C(=O)NCCCN2CCC(C(=O)OCCC#N)(c3ccccc3)CC2C(N)=O)=C(C)N1. The van der Waals surface area contributed by atoms with Crippen LogP contribution in [0.3, 0.4) is 0 Å². The van der Waals surface area contributed by atoms with E-state index in [9.17, 15) is 24.5 Å². The molecule has 1 fully saturated rings. The normalized spacial score (nSPS) is 21.6. The number of nitrogens with one attached hydrogen (secondary N) is 2. The van der Waals surface area contributed by atoms with E-state index in [0.29, 0.717) is 43.7 Å². The summed E-state index contributed by atoms with van der Waals surface area (Å²) in [5.74, 6) is -1.67. The molecule has 4 N–H and O–H groups in total. The van der Waals surface area contributed by atoms with Crippen molar-refractivity contribution in [2.24, 2.45) is 5.73 Å². The zero-order valence-corrected chi connectivity index (χ0v) is 25.5. The van der Waals surface area contributed by atoms with Gasteiger partial charge in [0.15, 0.2) is 0 Å². The number of nitrogens with zero attached hydrogens (tertiary/aromatic N) is 3. The average molecular weight is 615 g/mol. The summed E-state index contributed by atoms with van der Waals surface area (Å²) < 4.78 is 5.47. The van der Waals surface area contributed by atoms with Crippen LogP contribution in [0.25, 0.3) is 0 Å². The molecule has 3 atom stereocenters. The van der Waals surface area contributed by atoms with Gasteiger partial charge in [0, 0.05) is 54.7 Å². The fourth-order valence-corrected chi connectivity index (χ4v) is 6.18. The maximum Gasteiger partial charge on any atom is 0.316 e. The number of esters is 1. The smallest absolute Gasteiger partial charge is 0.316 e. The van der Waals surface area contributed by atoms with E-state index in [1.165, 1.54) is 12.1 Å². The van der Waals surface area contributed by atoms with Gasteiger partial charge >= 0.3 is 5.97 Å². The molecule has 2 aromatic rings. The van der Waals surface area contributed by atoms with Crippen molar-refractivity contribution in [3.63, 3.8) is 0 Å². The molecule has 0 aromatic heterocycles. The maximum atomic E-state index is 13.4. The number of dihydropyridines is 1. The number of nitro benzene ring substituents is 1. The van der Waals surface area contributed by atoms with E-state index < -0.39 is 28.3 Å². The maximum absolute atomic E-state index is 13.4. The Morgan fingerprint density at radius 1 is 1.18 bits per heavy atom. The lowest BCUT2D eigenvalue weighted by atomic mass is 9.70. The molecule has 12 heteroatoms. The zero-order chi connectivity index (χ0) is 32.6. The quantitative estimate of drug-likeness (QED) is 0.140. The molecule has 0 aliphatic carbocycles. The first kappa shape index (κ1) is 32.9. The van der Waals surface area contributed by atoms with E-state index in [2.05, 4.69) is 10.6 Å². The van der Waals surface area contributed by atoms with Gasteiger partial charge in [0.25, 0.3) is 5.69 Å². The first-order valence-electron chi connectivity index (χ1n) is 14.9. The number of amides is 2. The highest BCUT2D eigenvalue weighted by molar-refractivity contribution is 5.96. The van der Waals surface area contributed by atoms with E-state index in [1.54, 1.807) is 12.1 Å². The first-order valence-corrected chi connectivity index (χ1v) is 14.9. The number of hydrogen-bond donors (Lipinski definition) is 3. The second-order valence-corrected chi connectivity index (χ2v) is 11.3. The number of rotatable bonds is 12. The number of nitriles is 1. The Morgan fingerprint density at radius 2 is 1.89 bits per heavy atom. The predicted molar refractivity (Wildman–Crippen MR) is 166 cm³/mol. The molecule has 2 aromatic carbocycles. The molecule has 2 heterocycles. The van der Waals surface area contributed by atoms with Gasteiger partial charge in [-0.3, -0.25) is 29.4 Å². The summed E-state index contributed by atoms with van der Waals surface area (Å²) in [6, 6.07) is 16.6. The van der Waals surface area contributed by atoms with Crippen molar-refractivity contribution in [1.29, 1.82) is 5.26 Å². The van der Waals surface area contributed by atoms with Crippen molar-refractivity contribution in [3.8, 4) is 6.07 Å². The topological polar surface area (TPSA) is 181 Å². The molecule has 2 aliphatic heterocycles. The van der Waals surface area contributed by atoms with E-state index >= 15 is 0 Å². The molecule has 0 spiro atoms. The monoisotopic (exact) mass is 614 g/mol. The third-order valence-corrected chi connectivity index (χ3v) is 8.43. The van der Waals surface area contributed by atoms with Crippen LogP contribution in [0.5, 0.6) is 0 Å². The minimum atomic E-state index is -1.07. The minimum absolute atomic E-state index is 0.0241. The van der Waals surface area contributed by atoms with Crippen LogP contribution in [0.2, 0.25) is 0 Å². The Morgan fingerprint density at radius 3 is 2.53 bits per heavy atom. The van der Waals surface area contributed by atoms with E-state index in [1.807, 2.05) is 61.2 Å². The molecule has 0 bridgehead atoms. The number of non-ortho nitro benzene ring substituents is 1. The third kappa shape index (κ3) is 7.56. The van der Waals surface area contributed by atoms with Crippen molar-refractivity contribution in [3.05, 3.63) is 98.9 Å². The van der Waals surface area contributed by atoms with Crippen LogP contribution in [-0.4, -0.2) is 59.9 Å². The van der Waals surface area contributed by atoms with Crippen LogP contribution in [0.4, 0.5) is 5.69 Å². The fraction of sp³-hybridized carbons (Fsp3) is 0.394. The Labute approximate surface area is 262 Å². The number of hydrogen-bond acceptors (Lipinski definition) is 9. The Balaban J connectivity index is 1.41. The van der Waals surface area contributed by atoms with E-state index in [0.717, 1.165) is 16.8 Å². The van der Waals surface area contributed by atoms with Crippen molar-refractivity contribution in [2.45, 2.75) is 56.9 Å². The highest BCUT2D eigenvalue weighted by atomic mass is 16.6. The van der Waals surface area contributed by atoms with Crippen molar-refractivity contribution in [2.75, 3.05) is 26.2 Å². The summed E-state index contributed by atoms with van der Waals surface area (Å²) in [5, 5.41) is 26.2. The second kappa shape index (κ2) is 14.6. The summed E-state index contributed by atoms with van der Waals surface area (Å²) in [6.45, 7) is 4.88. The predicted octanol–water partition coefficient (Wildman–Crippen LogP) is 3.31. The average Bonchev–Trinajstić information content (AvgIpc) is 3.03. The van der Waals surface area contributed by atoms with Gasteiger partial charge in [-0.05, 0) is 44.2 Å². The number of ether oxygens (including phenoxy) is 1. The number of piperidine rings is 1. The number of likely N-dealkylation sites (tertiary alicyclic amines) is 1. The number of allylic oxidation sites excluding steroid dienone is 3. The molecule has 0 saturated carbocycles. The van der Waals surface area contributed by atoms with Gasteiger partial charge in [-0.15, -0.1) is 0 Å². The molecular weight excluding hydrogens is 576 g/mol. The summed E-state index contributed by atoms with van der Waals surface area (Å²) in [7, 11) is 0. The van der Waals surface area contributed by atoms with Crippen molar-refractivity contribution in [1.82, 2.24) is 15.5 Å². The second-order valence-electron chi connectivity index (χ2n) is 11.3. The van der Waals surface area contributed by atoms with Crippen LogP contribution in [0.1, 0.15) is 56.6 Å². The van der Waals surface area contributed by atoms with Crippen LogP contribution < -0.4 is 16.4 Å². The molecule has 1 saturated heterocycles. The lowest BCUT2D eigenvalue weighted by Crippen LogP contribution is -2.57. The molecule has 2 aliphatic rings. The minimum Gasteiger partial charge on any atom is -0.464 e. The van der Waals surface area contributed by atoms with Gasteiger partial charge < -0.3 is 21.1 Å². The first-order chi connectivity index (χ1) is 21.6. The fourth-order valence-electron chi connectivity index (χ4n) is 6.18. The lowest BCUT2D eigenvalue weighted by Gasteiger charge is -2.44. The number of carbonyl (C=O) groups is 3. The van der Waals surface area contributed by atoms with Crippen LogP contribution in [-0.2, 0) is 24.5 Å². The van der Waals surface area contributed by atoms with Gasteiger partial charge in [-0.2, -0.15) is 5.26 Å². The molecule has 45 heavy (non-hydrogen) atoms. The Kier molecular flexibility index (Phi) is 10.7. The molecule has 2 amide bonds. The molecule has 236 valence electrons. The highest BCUT2D eigenvalue weighted by Gasteiger charge is 2.49. The number of primary amides is 1. The van der Waals surface area contributed by atoms with Crippen LogP contribution >= 0.6 is 0 Å².